The van der Waals surface area contributed by atoms with Crippen LogP contribution >= 0.6 is 73.4 Å². The molecule has 4 heterocycles. The van der Waals surface area contributed by atoms with Crippen molar-refractivity contribution in [3.05, 3.63) is 127 Å². The minimum absolute atomic E-state index is 0.268. The van der Waals surface area contributed by atoms with Gasteiger partial charge in [-0.2, -0.15) is 8.61 Å². The van der Waals surface area contributed by atoms with Gasteiger partial charge in [0.2, 0.25) is 20.0 Å². The third-order valence-electron chi connectivity index (χ3n) is 9.17. The molecule has 0 saturated carbocycles. The summed E-state index contributed by atoms with van der Waals surface area (Å²) >= 11 is 24.3. The van der Waals surface area contributed by atoms with Gasteiger partial charge in [-0.05, 0) is 72.8 Å². The first kappa shape index (κ1) is 41.1. The van der Waals surface area contributed by atoms with Crippen molar-refractivity contribution in [1.82, 2.24) is 18.6 Å². The lowest BCUT2D eigenvalue weighted by Crippen LogP contribution is -2.48. The Morgan fingerprint density at radius 2 is 0.911 bits per heavy atom. The van der Waals surface area contributed by atoms with Crippen LogP contribution in [0.2, 0.25) is 15.1 Å². The monoisotopic (exact) mass is 950 g/mol. The molecule has 2 saturated heterocycles. The average molecular weight is 953 g/mol. The molecule has 4 aromatic carbocycles. The Labute approximate surface area is 358 Å². The molecule has 18 heteroatoms. The number of nitrogens with zero attached hydrogens (tertiary/aromatic N) is 6. The molecule has 0 aliphatic carbocycles. The summed E-state index contributed by atoms with van der Waals surface area (Å²) in [5, 5.41) is 7.59. The van der Waals surface area contributed by atoms with Gasteiger partial charge in [0.1, 0.15) is 0 Å². The van der Waals surface area contributed by atoms with Gasteiger partial charge in [0, 0.05) is 93.8 Å². The first-order chi connectivity index (χ1) is 26.9. The van der Waals surface area contributed by atoms with Gasteiger partial charge in [-0.15, -0.1) is 22.7 Å². The fraction of sp³-hybridized carbons (Fsp3) is 0.211. The van der Waals surface area contributed by atoms with Gasteiger partial charge in [-0.25, -0.2) is 26.8 Å². The largest absolute Gasteiger partial charge is 0.345 e. The maximum atomic E-state index is 12.8. The Kier molecular flexibility index (Phi) is 13.1. The van der Waals surface area contributed by atoms with Gasteiger partial charge in [0.25, 0.3) is 0 Å². The van der Waals surface area contributed by atoms with Crippen LogP contribution in [0.1, 0.15) is 0 Å². The van der Waals surface area contributed by atoms with E-state index in [1.54, 1.807) is 71.2 Å². The highest BCUT2D eigenvalue weighted by Gasteiger charge is 2.31. The second kappa shape index (κ2) is 17.8. The first-order valence-corrected chi connectivity index (χ1v) is 23.9. The topological polar surface area (TPSA) is 107 Å². The van der Waals surface area contributed by atoms with E-state index in [-0.39, 0.29) is 9.79 Å². The highest BCUT2D eigenvalue weighted by Crippen LogP contribution is 2.32. The van der Waals surface area contributed by atoms with Crippen molar-refractivity contribution in [2.24, 2.45) is 0 Å². The van der Waals surface area contributed by atoms with E-state index in [4.69, 9.17) is 44.8 Å². The minimum Gasteiger partial charge on any atom is -0.345 e. The van der Waals surface area contributed by atoms with Crippen molar-refractivity contribution in [3.63, 3.8) is 0 Å². The van der Waals surface area contributed by atoms with Gasteiger partial charge in [0.15, 0.2) is 10.3 Å². The first-order valence-electron chi connectivity index (χ1n) is 17.3. The lowest BCUT2D eigenvalue weighted by molar-refractivity contribution is 0.384. The molecule has 2 aromatic heterocycles. The van der Waals surface area contributed by atoms with Crippen molar-refractivity contribution in [2.75, 3.05) is 62.2 Å². The van der Waals surface area contributed by atoms with E-state index in [0.717, 1.165) is 37.3 Å². The zero-order chi connectivity index (χ0) is 39.5. The fourth-order valence-electron chi connectivity index (χ4n) is 6.10. The zero-order valence-electron chi connectivity index (χ0n) is 29.5. The number of halogens is 4. The summed E-state index contributed by atoms with van der Waals surface area (Å²) in [5.74, 6) is 0. The lowest BCUT2D eigenvalue weighted by Gasteiger charge is -2.33. The van der Waals surface area contributed by atoms with Crippen LogP contribution in [0.4, 0.5) is 10.3 Å². The standard InChI is InChI=1S/C19H17BrClN3O2S2.C19H17Cl2N3O2S2/c20-15-3-1-2-14(12-15)18-13-27-19(22-18)23-8-10-24(11-9-23)28(25,26)17-6-4-16(21)5-7-17;20-15-3-1-14(2-4-15)18-13-27-19(22-18)23-9-11-24(12-10-23)28(25,26)17-7-5-16(21)6-8-17/h1-7,12-13H,8-11H2;1-8,13H,9-12H2. The molecule has 2 aliphatic rings. The molecule has 56 heavy (non-hydrogen) atoms. The van der Waals surface area contributed by atoms with Crippen LogP contribution in [0.25, 0.3) is 22.5 Å². The van der Waals surface area contributed by atoms with Gasteiger partial charge >= 0.3 is 0 Å². The van der Waals surface area contributed by atoms with E-state index < -0.39 is 20.0 Å². The van der Waals surface area contributed by atoms with Crippen LogP contribution in [-0.2, 0) is 20.0 Å². The average Bonchev–Trinajstić information content (AvgIpc) is 3.91. The number of rotatable bonds is 8. The fourth-order valence-corrected chi connectivity index (χ4v) is 11.5. The number of anilines is 2. The summed E-state index contributed by atoms with van der Waals surface area (Å²) in [6.45, 7) is 4.10. The highest BCUT2D eigenvalue weighted by atomic mass is 79.9. The third kappa shape index (κ3) is 9.60. The SMILES string of the molecule is O=S(=O)(c1ccc(Cl)cc1)N1CCN(c2nc(-c3ccc(Cl)cc3)cs2)CC1.O=S(=O)(c1ccc(Cl)cc1)N1CCN(c2nc(-c3cccc(Br)c3)cs2)CC1. The minimum atomic E-state index is -3.51. The predicted molar refractivity (Wildman–Crippen MR) is 233 cm³/mol. The molecule has 0 unspecified atom stereocenters. The van der Waals surface area contributed by atoms with Gasteiger partial charge in [0.05, 0.1) is 21.2 Å². The Morgan fingerprint density at radius 3 is 1.32 bits per heavy atom. The maximum absolute atomic E-state index is 12.8. The van der Waals surface area contributed by atoms with Crippen molar-refractivity contribution in [3.8, 4) is 22.5 Å². The van der Waals surface area contributed by atoms with E-state index in [2.05, 4.69) is 25.7 Å². The van der Waals surface area contributed by atoms with Crippen molar-refractivity contribution >= 4 is 104 Å². The molecular formula is C38H34BrCl3N6O4S4. The van der Waals surface area contributed by atoms with E-state index in [1.165, 1.54) is 8.61 Å². The third-order valence-corrected chi connectivity index (χ3v) is 16.0. The molecule has 292 valence electrons. The van der Waals surface area contributed by atoms with E-state index in [1.807, 2.05) is 59.3 Å². The maximum Gasteiger partial charge on any atom is 0.243 e. The molecule has 8 rings (SSSR count). The molecule has 2 aliphatic heterocycles. The molecule has 0 amide bonds. The Balaban J connectivity index is 0.000000172. The van der Waals surface area contributed by atoms with Crippen LogP contribution in [0.3, 0.4) is 0 Å². The summed E-state index contributed by atoms with van der Waals surface area (Å²) in [6.07, 6.45) is 0. The Bertz CT molecular complexity index is 2490. The molecule has 0 atom stereocenters. The molecule has 0 radical (unpaired) electrons. The molecular weight excluding hydrogens is 919 g/mol. The number of thiazole rings is 2. The van der Waals surface area contributed by atoms with E-state index in [0.29, 0.717) is 67.4 Å². The van der Waals surface area contributed by atoms with E-state index in [9.17, 15) is 16.8 Å². The molecule has 6 aromatic rings. The van der Waals surface area contributed by atoms with Crippen LogP contribution in [0, 0.1) is 0 Å². The number of benzene rings is 4. The van der Waals surface area contributed by atoms with Crippen LogP contribution in [0.5, 0.6) is 0 Å². The molecule has 0 N–H and O–H groups in total. The number of hydrogen-bond acceptors (Lipinski definition) is 10. The van der Waals surface area contributed by atoms with Crippen molar-refractivity contribution in [2.45, 2.75) is 9.79 Å². The Hall–Kier alpha value is -3.09. The molecule has 0 spiro atoms. The normalized spacial score (nSPS) is 15.7. The molecule has 0 bridgehead atoms. The molecule has 10 nitrogen and oxygen atoms in total. The summed E-state index contributed by atoms with van der Waals surface area (Å²) in [6, 6.07) is 28.2. The van der Waals surface area contributed by atoms with Crippen LogP contribution in [0.15, 0.2) is 122 Å². The summed E-state index contributed by atoms with van der Waals surface area (Å²) in [7, 11) is -7.01. The number of hydrogen-bond donors (Lipinski definition) is 0. The van der Waals surface area contributed by atoms with E-state index >= 15 is 0 Å². The number of aromatic nitrogens is 2. The van der Waals surface area contributed by atoms with Gasteiger partial charge in [-0.3, -0.25) is 0 Å². The second-order valence-corrected chi connectivity index (χ2v) is 20.5. The Morgan fingerprint density at radius 1 is 0.518 bits per heavy atom. The second-order valence-electron chi connectivity index (χ2n) is 12.7. The zero-order valence-corrected chi connectivity index (χ0v) is 36.6. The number of sulfonamides is 2. The quantitative estimate of drug-likeness (QED) is 0.149. The number of piperazine rings is 2. The smallest absolute Gasteiger partial charge is 0.243 e. The van der Waals surface area contributed by atoms with Crippen molar-refractivity contribution < 1.29 is 16.8 Å². The highest BCUT2D eigenvalue weighted by molar-refractivity contribution is 9.10. The summed E-state index contributed by atoms with van der Waals surface area (Å²) in [4.78, 5) is 14.3. The lowest BCUT2D eigenvalue weighted by atomic mass is 10.2. The van der Waals surface area contributed by atoms with Gasteiger partial charge < -0.3 is 9.80 Å². The predicted octanol–water partition coefficient (Wildman–Crippen LogP) is 9.36. The summed E-state index contributed by atoms with van der Waals surface area (Å²) in [5.41, 5.74) is 3.89. The van der Waals surface area contributed by atoms with Crippen LogP contribution < -0.4 is 9.80 Å². The van der Waals surface area contributed by atoms with Gasteiger partial charge in [-0.1, -0.05) is 75.0 Å². The van der Waals surface area contributed by atoms with Crippen LogP contribution in [-0.4, -0.2) is 87.8 Å². The van der Waals surface area contributed by atoms with Crippen molar-refractivity contribution in [1.29, 1.82) is 0 Å². The summed E-state index contributed by atoms with van der Waals surface area (Å²) < 4.78 is 55.3. The molecule has 2 fully saturated rings.